The molecule has 12 heavy (non-hydrogen) atoms. The van der Waals surface area contributed by atoms with Crippen molar-refractivity contribution < 1.29 is 9.18 Å². The van der Waals surface area contributed by atoms with E-state index in [1.54, 1.807) is 6.07 Å². The van der Waals surface area contributed by atoms with E-state index in [0.29, 0.717) is 12.8 Å². The molecule has 3 heteroatoms. The fourth-order valence-electron chi connectivity index (χ4n) is 0.939. The molecule has 1 rings (SSSR count). The first-order chi connectivity index (χ1) is 5.74. The van der Waals surface area contributed by atoms with Crippen molar-refractivity contribution >= 4 is 22.2 Å². The van der Waals surface area contributed by atoms with Gasteiger partial charge in [0.05, 0.1) is 0 Å². The smallest absolute Gasteiger partial charge is 0.124 e. The molecule has 0 bridgehead atoms. The van der Waals surface area contributed by atoms with E-state index in [-0.39, 0.29) is 5.82 Å². The summed E-state index contributed by atoms with van der Waals surface area (Å²) in [5, 5.41) is 0. The maximum atomic E-state index is 12.6. The Morgan fingerprint density at radius 1 is 1.50 bits per heavy atom. The van der Waals surface area contributed by atoms with Crippen LogP contribution in [0.25, 0.3) is 0 Å². The average molecular weight is 231 g/mol. The zero-order valence-electron chi connectivity index (χ0n) is 6.39. The highest BCUT2D eigenvalue weighted by Gasteiger charge is 2.00. The summed E-state index contributed by atoms with van der Waals surface area (Å²) in [4.78, 5) is 10.1. The van der Waals surface area contributed by atoms with Crippen LogP contribution in [0.15, 0.2) is 22.7 Å². The predicted octanol–water partition coefficient (Wildman–Crippen LogP) is 2.72. The van der Waals surface area contributed by atoms with Crippen LogP contribution in [0.5, 0.6) is 0 Å². The number of rotatable bonds is 3. The molecule has 0 fully saturated rings. The van der Waals surface area contributed by atoms with Crippen molar-refractivity contribution in [1.82, 2.24) is 0 Å². The van der Waals surface area contributed by atoms with Crippen LogP contribution in [-0.2, 0) is 11.2 Å². The minimum absolute atomic E-state index is 0.267. The Balaban J connectivity index is 2.78. The Kier molecular flexibility index (Phi) is 3.41. The molecule has 0 heterocycles. The van der Waals surface area contributed by atoms with Gasteiger partial charge in [0, 0.05) is 10.9 Å². The fourth-order valence-corrected chi connectivity index (χ4v) is 1.49. The molecule has 1 aromatic rings. The third-order valence-corrected chi connectivity index (χ3v) is 2.28. The summed E-state index contributed by atoms with van der Waals surface area (Å²) in [7, 11) is 0. The summed E-state index contributed by atoms with van der Waals surface area (Å²) in [5.74, 6) is -0.267. The van der Waals surface area contributed by atoms with Crippen LogP contribution in [0.1, 0.15) is 12.0 Å². The van der Waals surface area contributed by atoms with Gasteiger partial charge in [0.25, 0.3) is 0 Å². The van der Waals surface area contributed by atoms with Gasteiger partial charge in [-0.15, -0.1) is 0 Å². The molecule has 0 amide bonds. The third kappa shape index (κ3) is 2.41. The fraction of sp³-hybridized carbons (Fsp3) is 0.222. The van der Waals surface area contributed by atoms with Crippen LogP contribution in [0.2, 0.25) is 0 Å². The van der Waals surface area contributed by atoms with Gasteiger partial charge in [0.15, 0.2) is 0 Å². The molecule has 0 saturated carbocycles. The van der Waals surface area contributed by atoms with E-state index in [1.807, 2.05) is 0 Å². The lowest BCUT2D eigenvalue weighted by Gasteiger charge is -2.00. The van der Waals surface area contributed by atoms with Gasteiger partial charge in [-0.3, -0.25) is 0 Å². The van der Waals surface area contributed by atoms with Gasteiger partial charge in [0.2, 0.25) is 0 Å². The van der Waals surface area contributed by atoms with Crippen molar-refractivity contribution in [3.8, 4) is 0 Å². The molecule has 0 radical (unpaired) electrons. The molecule has 0 atom stereocenters. The molecule has 1 nitrogen and oxygen atoms in total. The molecule has 0 aliphatic carbocycles. The highest BCUT2D eigenvalue weighted by molar-refractivity contribution is 9.10. The van der Waals surface area contributed by atoms with Gasteiger partial charge in [-0.1, -0.05) is 22.0 Å². The molecular weight excluding hydrogens is 223 g/mol. The molecule has 0 N–H and O–H groups in total. The van der Waals surface area contributed by atoms with Crippen molar-refractivity contribution in [3.05, 3.63) is 34.1 Å². The normalized spacial score (nSPS) is 9.83. The van der Waals surface area contributed by atoms with E-state index >= 15 is 0 Å². The largest absolute Gasteiger partial charge is 0.303 e. The molecule has 0 saturated heterocycles. The minimum Gasteiger partial charge on any atom is -0.303 e. The molecule has 0 aromatic heterocycles. The number of benzene rings is 1. The quantitative estimate of drug-likeness (QED) is 0.731. The first-order valence-electron chi connectivity index (χ1n) is 3.61. The highest BCUT2D eigenvalue weighted by Crippen LogP contribution is 2.18. The molecular formula is C9H8BrFO. The maximum Gasteiger partial charge on any atom is 0.124 e. The topological polar surface area (TPSA) is 17.1 Å². The van der Waals surface area contributed by atoms with Crippen molar-refractivity contribution in [2.24, 2.45) is 0 Å². The first-order valence-corrected chi connectivity index (χ1v) is 4.41. The number of aldehydes is 1. The first kappa shape index (κ1) is 9.39. The summed E-state index contributed by atoms with van der Waals surface area (Å²) in [6, 6.07) is 4.48. The lowest BCUT2D eigenvalue weighted by molar-refractivity contribution is -0.107. The van der Waals surface area contributed by atoms with Gasteiger partial charge >= 0.3 is 0 Å². The zero-order valence-corrected chi connectivity index (χ0v) is 7.97. The predicted molar refractivity (Wildman–Crippen MR) is 48.5 cm³/mol. The Bertz CT molecular complexity index is 286. The number of hydrogen-bond donors (Lipinski definition) is 0. The molecule has 0 aliphatic rings. The lowest BCUT2D eigenvalue weighted by atomic mass is 10.1. The van der Waals surface area contributed by atoms with E-state index < -0.39 is 0 Å². The summed E-state index contributed by atoms with van der Waals surface area (Å²) in [5.41, 5.74) is 0.962. The van der Waals surface area contributed by atoms with Crippen molar-refractivity contribution in [1.29, 1.82) is 0 Å². The Morgan fingerprint density at radius 2 is 2.25 bits per heavy atom. The Labute approximate surface area is 78.7 Å². The second-order valence-corrected chi connectivity index (χ2v) is 3.30. The SMILES string of the molecule is O=CCCc1ccc(F)cc1Br. The molecule has 64 valence electrons. The second-order valence-electron chi connectivity index (χ2n) is 2.44. The van der Waals surface area contributed by atoms with Gasteiger partial charge in [-0.2, -0.15) is 0 Å². The van der Waals surface area contributed by atoms with Crippen molar-refractivity contribution in [2.75, 3.05) is 0 Å². The van der Waals surface area contributed by atoms with Crippen LogP contribution < -0.4 is 0 Å². The van der Waals surface area contributed by atoms with Crippen LogP contribution in [0, 0.1) is 5.82 Å². The molecule has 0 spiro atoms. The number of aryl methyl sites for hydroxylation is 1. The summed E-state index contributed by atoms with van der Waals surface area (Å²) in [6.45, 7) is 0. The van der Waals surface area contributed by atoms with Crippen LogP contribution >= 0.6 is 15.9 Å². The number of halogens is 2. The van der Waals surface area contributed by atoms with Crippen LogP contribution in [-0.4, -0.2) is 6.29 Å². The third-order valence-electron chi connectivity index (χ3n) is 1.55. The molecule has 0 unspecified atom stereocenters. The van der Waals surface area contributed by atoms with Gasteiger partial charge in [-0.05, 0) is 24.1 Å². The monoisotopic (exact) mass is 230 g/mol. The number of hydrogen-bond acceptors (Lipinski definition) is 1. The zero-order chi connectivity index (χ0) is 8.97. The average Bonchev–Trinajstić information content (AvgIpc) is 2.03. The van der Waals surface area contributed by atoms with E-state index in [4.69, 9.17) is 0 Å². The van der Waals surface area contributed by atoms with E-state index in [1.165, 1.54) is 12.1 Å². The van der Waals surface area contributed by atoms with Crippen LogP contribution in [0.3, 0.4) is 0 Å². The standard InChI is InChI=1S/C9H8BrFO/c10-9-6-8(11)4-3-7(9)2-1-5-12/h3-6H,1-2H2. The van der Waals surface area contributed by atoms with Crippen molar-refractivity contribution in [3.63, 3.8) is 0 Å². The van der Waals surface area contributed by atoms with Crippen LogP contribution in [0.4, 0.5) is 4.39 Å². The summed E-state index contributed by atoms with van der Waals surface area (Å²) < 4.78 is 13.3. The second kappa shape index (κ2) is 4.36. The molecule has 1 aromatic carbocycles. The van der Waals surface area contributed by atoms with Gasteiger partial charge < -0.3 is 4.79 Å². The summed E-state index contributed by atoms with van der Waals surface area (Å²) in [6.07, 6.45) is 1.99. The van der Waals surface area contributed by atoms with Crippen molar-refractivity contribution in [2.45, 2.75) is 12.8 Å². The lowest BCUT2D eigenvalue weighted by Crippen LogP contribution is -1.88. The highest BCUT2D eigenvalue weighted by atomic mass is 79.9. The number of carbonyl (C=O) groups is 1. The molecule has 0 aliphatic heterocycles. The Hall–Kier alpha value is -0.700. The maximum absolute atomic E-state index is 12.6. The van der Waals surface area contributed by atoms with E-state index in [2.05, 4.69) is 15.9 Å². The summed E-state index contributed by atoms with van der Waals surface area (Å²) >= 11 is 3.22. The van der Waals surface area contributed by atoms with E-state index in [0.717, 1.165) is 16.3 Å². The number of carbonyl (C=O) groups excluding carboxylic acids is 1. The van der Waals surface area contributed by atoms with E-state index in [9.17, 15) is 9.18 Å². The van der Waals surface area contributed by atoms with Gasteiger partial charge in [-0.25, -0.2) is 4.39 Å². The minimum atomic E-state index is -0.267. The Morgan fingerprint density at radius 3 is 2.83 bits per heavy atom. The van der Waals surface area contributed by atoms with Gasteiger partial charge in [0.1, 0.15) is 12.1 Å².